The van der Waals surface area contributed by atoms with Gasteiger partial charge in [0.05, 0.1) is 17.1 Å². The van der Waals surface area contributed by atoms with Gasteiger partial charge in [0.15, 0.2) is 5.75 Å². The fraction of sp³-hybridized carbons (Fsp3) is 0.106. The van der Waals surface area contributed by atoms with E-state index in [2.05, 4.69) is 177 Å². The van der Waals surface area contributed by atoms with Crippen molar-refractivity contribution in [2.45, 2.75) is 33.1 Å². The summed E-state index contributed by atoms with van der Waals surface area (Å²) < 4.78 is 13.3. The molecule has 8 aromatic rings. The first kappa shape index (κ1) is 29.5. The summed E-state index contributed by atoms with van der Waals surface area (Å²) in [5.74, 6) is 1.74. The van der Waals surface area contributed by atoms with Crippen molar-refractivity contribution in [1.82, 2.24) is 0 Å². The average molecular weight is 671 g/mol. The van der Waals surface area contributed by atoms with Crippen molar-refractivity contribution in [3.63, 3.8) is 0 Å². The van der Waals surface area contributed by atoms with Crippen LogP contribution in [0.3, 0.4) is 0 Å². The maximum absolute atomic E-state index is 6.64. The van der Waals surface area contributed by atoms with E-state index in [4.69, 9.17) is 9.15 Å². The molecule has 3 aliphatic heterocycles. The topological polar surface area (TPSA) is 28.9 Å². The summed E-state index contributed by atoms with van der Waals surface area (Å²) in [4.78, 5) is 5.06. The molecule has 0 fully saturated rings. The minimum atomic E-state index is -0.123. The molecule has 0 atom stereocenters. The van der Waals surface area contributed by atoms with Crippen molar-refractivity contribution >= 4 is 68.1 Å². The SMILES string of the molecule is Cc1cc2c3c(c1)N(c1ccc(C(C)(C)C)cc1-c1ccccc1)c1cc4c(cc1B3N1c3ccccc3Oc3cccc-2c31)oc1ccccc14. The second kappa shape index (κ2) is 10.4. The Morgan fingerprint density at radius 2 is 1.35 bits per heavy atom. The molecule has 0 saturated heterocycles. The third kappa shape index (κ3) is 4.05. The molecule has 4 heterocycles. The van der Waals surface area contributed by atoms with Crippen LogP contribution in [0.15, 0.2) is 144 Å². The number of benzene rings is 7. The van der Waals surface area contributed by atoms with Crippen molar-refractivity contribution in [2.75, 3.05) is 9.71 Å². The highest BCUT2D eigenvalue weighted by Crippen LogP contribution is 2.56. The van der Waals surface area contributed by atoms with Crippen molar-refractivity contribution < 1.29 is 9.15 Å². The van der Waals surface area contributed by atoms with Crippen LogP contribution in [-0.4, -0.2) is 6.85 Å². The van der Waals surface area contributed by atoms with Crippen LogP contribution in [-0.2, 0) is 5.41 Å². The first-order valence-corrected chi connectivity index (χ1v) is 18.1. The number of hydrogen-bond donors (Lipinski definition) is 0. The van der Waals surface area contributed by atoms with E-state index in [1.807, 2.05) is 0 Å². The molecule has 3 aliphatic rings. The Balaban J connectivity index is 1.30. The second-order valence-electron chi connectivity index (χ2n) is 15.4. The minimum absolute atomic E-state index is 0.0114. The highest BCUT2D eigenvalue weighted by Gasteiger charge is 2.48. The van der Waals surface area contributed by atoms with E-state index >= 15 is 0 Å². The summed E-state index contributed by atoms with van der Waals surface area (Å²) in [6.45, 7) is 8.98. The number of ether oxygens (including phenoxy) is 1. The molecule has 0 unspecified atom stereocenters. The van der Waals surface area contributed by atoms with Crippen molar-refractivity contribution in [3.05, 3.63) is 151 Å². The Morgan fingerprint density at radius 1 is 0.558 bits per heavy atom. The largest absolute Gasteiger partial charge is 0.456 e. The number of hydrogen-bond acceptors (Lipinski definition) is 4. The molecule has 52 heavy (non-hydrogen) atoms. The standard InChI is InChI=1S/C47H35BN2O2/c1-28-23-35-32-16-12-20-43-46(32)50(38-17-9-11-19-42(38)52-43)48-36-27-44-34(31-15-8-10-18-41(31)51-44)26-39(36)49(40(24-28)45(35)48)37-22-21-30(47(2,3)4)25-33(37)29-13-6-5-7-14-29/h5-27H,1-4H3. The molecule has 5 heteroatoms. The lowest BCUT2D eigenvalue weighted by Crippen LogP contribution is -2.62. The lowest BCUT2D eigenvalue weighted by molar-refractivity contribution is 0.478. The smallest absolute Gasteiger partial charge is 0.333 e. The highest BCUT2D eigenvalue weighted by atomic mass is 16.5. The molecule has 0 aliphatic carbocycles. The Kier molecular flexibility index (Phi) is 5.92. The number of rotatable bonds is 2. The monoisotopic (exact) mass is 670 g/mol. The van der Waals surface area contributed by atoms with E-state index in [0.29, 0.717) is 0 Å². The third-order valence-corrected chi connectivity index (χ3v) is 11.2. The van der Waals surface area contributed by atoms with Crippen LogP contribution < -0.4 is 25.4 Å². The molecule has 248 valence electrons. The van der Waals surface area contributed by atoms with Gasteiger partial charge in [-0.15, -0.1) is 0 Å². The Labute approximate surface area is 303 Å². The number of aryl methyl sites for hydroxylation is 1. The first-order valence-electron chi connectivity index (χ1n) is 18.1. The quantitative estimate of drug-likeness (QED) is 0.171. The zero-order chi connectivity index (χ0) is 34.9. The normalized spacial score (nSPS) is 13.8. The zero-order valence-electron chi connectivity index (χ0n) is 29.6. The van der Waals surface area contributed by atoms with E-state index in [0.717, 1.165) is 56.2 Å². The Bertz CT molecular complexity index is 2790. The van der Waals surface area contributed by atoms with Crippen LogP contribution in [0.2, 0.25) is 0 Å². The fourth-order valence-electron chi connectivity index (χ4n) is 8.84. The zero-order valence-corrected chi connectivity index (χ0v) is 29.6. The molecule has 0 bridgehead atoms. The van der Waals surface area contributed by atoms with Gasteiger partial charge in [-0.2, -0.15) is 0 Å². The van der Waals surface area contributed by atoms with Gasteiger partial charge in [-0.3, -0.25) is 0 Å². The lowest BCUT2D eigenvalue weighted by Gasteiger charge is -2.48. The van der Waals surface area contributed by atoms with Crippen LogP contribution in [0, 0.1) is 6.92 Å². The molecule has 7 aromatic carbocycles. The van der Waals surface area contributed by atoms with Crippen LogP contribution in [0.1, 0.15) is 31.9 Å². The molecule has 0 amide bonds. The molecule has 0 spiro atoms. The van der Waals surface area contributed by atoms with Gasteiger partial charge >= 0.3 is 6.85 Å². The van der Waals surface area contributed by atoms with Gasteiger partial charge in [-0.1, -0.05) is 106 Å². The summed E-state index contributed by atoms with van der Waals surface area (Å²) in [5, 5.41) is 2.23. The number of para-hydroxylation sites is 4. The molecule has 11 rings (SSSR count). The van der Waals surface area contributed by atoms with Gasteiger partial charge < -0.3 is 18.9 Å². The molecule has 0 N–H and O–H groups in total. The van der Waals surface area contributed by atoms with Gasteiger partial charge in [-0.25, -0.2) is 0 Å². The third-order valence-electron chi connectivity index (χ3n) is 11.2. The van der Waals surface area contributed by atoms with E-state index in [1.165, 1.54) is 50.0 Å². The molecule has 1 aromatic heterocycles. The molecule has 0 radical (unpaired) electrons. The van der Waals surface area contributed by atoms with Gasteiger partial charge in [-0.05, 0) is 100 Å². The number of nitrogens with zero attached hydrogens (tertiary/aromatic N) is 2. The number of furan rings is 1. The molecule has 4 nitrogen and oxygen atoms in total. The van der Waals surface area contributed by atoms with Gasteiger partial charge in [0.25, 0.3) is 0 Å². The van der Waals surface area contributed by atoms with Crippen LogP contribution >= 0.6 is 0 Å². The van der Waals surface area contributed by atoms with Crippen LogP contribution in [0.25, 0.3) is 44.2 Å². The van der Waals surface area contributed by atoms with Crippen molar-refractivity contribution in [3.8, 4) is 33.8 Å². The summed E-state index contributed by atoms with van der Waals surface area (Å²) in [7, 11) is 0. The minimum Gasteiger partial charge on any atom is -0.456 e. The predicted molar refractivity (Wildman–Crippen MR) is 216 cm³/mol. The van der Waals surface area contributed by atoms with E-state index < -0.39 is 0 Å². The van der Waals surface area contributed by atoms with E-state index in [1.54, 1.807) is 0 Å². The van der Waals surface area contributed by atoms with Crippen molar-refractivity contribution in [1.29, 1.82) is 0 Å². The number of anilines is 5. The fourth-order valence-corrected chi connectivity index (χ4v) is 8.84. The molecule has 0 saturated carbocycles. The van der Waals surface area contributed by atoms with Crippen molar-refractivity contribution in [2.24, 2.45) is 0 Å². The summed E-state index contributed by atoms with van der Waals surface area (Å²) in [5.41, 5.74) is 17.3. The number of fused-ring (bicyclic) bond motifs is 9. The van der Waals surface area contributed by atoms with E-state index in [-0.39, 0.29) is 12.3 Å². The second-order valence-corrected chi connectivity index (χ2v) is 15.4. The first-order chi connectivity index (χ1) is 25.3. The molecular weight excluding hydrogens is 635 g/mol. The Morgan fingerprint density at radius 3 is 2.21 bits per heavy atom. The van der Waals surface area contributed by atoms with E-state index in [9.17, 15) is 0 Å². The summed E-state index contributed by atoms with van der Waals surface area (Å²) >= 11 is 0. The molecular formula is C47H35BN2O2. The summed E-state index contributed by atoms with van der Waals surface area (Å²) in [6.07, 6.45) is 0. The van der Waals surface area contributed by atoms with Crippen LogP contribution in [0.4, 0.5) is 28.4 Å². The van der Waals surface area contributed by atoms with Crippen LogP contribution in [0.5, 0.6) is 11.5 Å². The maximum Gasteiger partial charge on any atom is 0.333 e. The van der Waals surface area contributed by atoms with Gasteiger partial charge in [0.2, 0.25) is 0 Å². The average Bonchev–Trinajstić information content (AvgIpc) is 3.52. The highest BCUT2D eigenvalue weighted by molar-refractivity contribution is 6.94. The Hall–Kier alpha value is -6.20. The van der Waals surface area contributed by atoms with Gasteiger partial charge in [0, 0.05) is 33.3 Å². The maximum atomic E-state index is 6.64. The van der Waals surface area contributed by atoms with Gasteiger partial charge in [0.1, 0.15) is 16.9 Å². The summed E-state index contributed by atoms with van der Waals surface area (Å²) in [6, 6.07) is 50.7. The predicted octanol–water partition coefficient (Wildman–Crippen LogP) is 11.7. The lowest BCUT2D eigenvalue weighted by atomic mass is 9.43.